The number of fused-ring (bicyclic) bond motifs is 1. The minimum atomic E-state index is 0.116. The molecule has 2 aliphatic rings. The third-order valence-electron chi connectivity index (χ3n) is 4.64. The predicted molar refractivity (Wildman–Crippen MR) is 74.3 cm³/mol. The number of hydrogen-bond donors (Lipinski definition) is 3. The minimum Gasteiger partial charge on any atom is -0.508 e. The number of benzene rings is 1. The third kappa shape index (κ3) is 2.42. The van der Waals surface area contributed by atoms with Crippen molar-refractivity contribution in [2.24, 2.45) is 5.92 Å². The summed E-state index contributed by atoms with van der Waals surface area (Å²) in [5, 5.41) is 22.9. The van der Waals surface area contributed by atoms with Crippen molar-refractivity contribution in [1.29, 1.82) is 0 Å². The lowest BCUT2D eigenvalue weighted by Gasteiger charge is -2.25. The van der Waals surface area contributed by atoms with E-state index in [0.717, 1.165) is 31.1 Å². The molecule has 3 rings (SSSR count). The maximum atomic E-state index is 9.98. The lowest BCUT2D eigenvalue weighted by atomic mass is 9.94. The second-order valence-electron chi connectivity index (χ2n) is 5.84. The fraction of sp³-hybridized carbons (Fsp3) is 0.600. The molecule has 3 N–H and O–H groups in total. The molecule has 4 heteroatoms. The standard InChI is InChI=1S/C15H22N2O2/c1-10(13-5-4-12(18)7-15(13)19)17-8-11-3-2-6-16-14(11)9-17/h4-5,7,10-11,14,16,18-19H,2-3,6,8-9H2,1H3. The third-order valence-corrected chi connectivity index (χ3v) is 4.64. The van der Waals surface area contributed by atoms with Gasteiger partial charge in [0.15, 0.2) is 0 Å². The molecule has 1 aromatic rings. The molecule has 0 radical (unpaired) electrons. The van der Waals surface area contributed by atoms with Gasteiger partial charge in [-0.2, -0.15) is 0 Å². The predicted octanol–water partition coefficient (Wildman–Crippen LogP) is 1.84. The van der Waals surface area contributed by atoms with Crippen molar-refractivity contribution in [3.8, 4) is 11.5 Å². The highest BCUT2D eigenvalue weighted by molar-refractivity contribution is 5.40. The topological polar surface area (TPSA) is 55.7 Å². The zero-order valence-electron chi connectivity index (χ0n) is 11.3. The highest BCUT2D eigenvalue weighted by Crippen LogP contribution is 2.35. The number of hydrogen-bond acceptors (Lipinski definition) is 4. The number of nitrogens with one attached hydrogen (secondary N) is 1. The van der Waals surface area contributed by atoms with Crippen LogP contribution in [0.1, 0.15) is 31.4 Å². The van der Waals surface area contributed by atoms with Gasteiger partial charge in [0.25, 0.3) is 0 Å². The Kier molecular flexibility index (Phi) is 3.37. The van der Waals surface area contributed by atoms with Crippen LogP contribution in [0.4, 0.5) is 0 Å². The summed E-state index contributed by atoms with van der Waals surface area (Å²) in [5.41, 5.74) is 0.899. The first-order valence-corrected chi connectivity index (χ1v) is 7.14. The Bertz CT molecular complexity index is 449. The maximum absolute atomic E-state index is 9.98. The van der Waals surface area contributed by atoms with Crippen molar-refractivity contribution < 1.29 is 10.2 Å². The molecule has 104 valence electrons. The van der Waals surface area contributed by atoms with E-state index in [2.05, 4.69) is 17.1 Å². The monoisotopic (exact) mass is 262 g/mol. The summed E-state index contributed by atoms with van der Waals surface area (Å²) in [6.45, 7) is 5.41. The summed E-state index contributed by atoms with van der Waals surface area (Å²) in [6.07, 6.45) is 2.58. The summed E-state index contributed by atoms with van der Waals surface area (Å²) in [5.74, 6) is 1.05. The summed E-state index contributed by atoms with van der Waals surface area (Å²) in [4.78, 5) is 2.43. The van der Waals surface area contributed by atoms with Gasteiger partial charge in [-0.25, -0.2) is 0 Å². The smallest absolute Gasteiger partial charge is 0.124 e. The number of nitrogens with zero attached hydrogens (tertiary/aromatic N) is 1. The average Bonchev–Trinajstić information content (AvgIpc) is 2.81. The van der Waals surface area contributed by atoms with E-state index in [-0.39, 0.29) is 17.5 Å². The quantitative estimate of drug-likeness (QED) is 0.761. The van der Waals surface area contributed by atoms with Crippen molar-refractivity contribution in [2.45, 2.75) is 31.8 Å². The fourth-order valence-corrected chi connectivity index (χ4v) is 3.48. The normalized spacial score (nSPS) is 29.1. The van der Waals surface area contributed by atoms with E-state index in [1.165, 1.54) is 18.9 Å². The molecule has 0 saturated carbocycles. The highest BCUT2D eigenvalue weighted by Gasteiger charge is 2.36. The molecule has 19 heavy (non-hydrogen) atoms. The largest absolute Gasteiger partial charge is 0.508 e. The van der Waals surface area contributed by atoms with E-state index < -0.39 is 0 Å². The van der Waals surface area contributed by atoms with Gasteiger partial charge in [-0.05, 0) is 38.3 Å². The van der Waals surface area contributed by atoms with E-state index in [9.17, 15) is 10.2 Å². The average molecular weight is 262 g/mol. The first-order valence-electron chi connectivity index (χ1n) is 7.14. The first kappa shape index (κ1) is 12.8. The Morgan fingerprint density at radius 3 is 2.89 bits per heavy atom. The number of likely N-dealkylation sites (tertiary alicyclic amines) is 1. The minimum absolute atomic E-state index is 0.116. The molecule has 0 spiro atoms. The van der Waals surface area contributed by atoms with Gasteiger partial charge in [0.05, 0.1) is 0 Å². The number of phenolic OH excluding ortho intramolecular Hbond substituents is 2. The number of rotatable bonds is 2. The summed E-state index contributed by atoms with van der Waals surface area (Å²) in [7, 11) is 0. The van der Waals surface area contributed by atoms with Crippen LogP contribution in [0.3, 0.4) is 0 Å². The lowest BCUT2D eigenvalue weighted by Crippen LogP contribution is -2.40. The van der Waals surface area contributed by atoms with Crippen LogP contribution in [0.15, 0.2) is 18.2 Å². The molecule has 2 heterocycles. The van der Waals surface area contributed by atoms with Crippen molar-refractivity contribution in [2.75, 3.05) is 19.6 Å². The van der Waals surface area contributed by atoms with Crippen molar-refractivity contribution in [3.05, 3.63) is 23.8 Å². The molecular formula is C15H22N2O2. The molecule has 0 aliphatic carbocycles. The van der Waals surface area contributed by atoms with Crippen LogP contribution in [0, 0.1) is 5.92 Å². The fourth-order valence-electron chi connectivity index (χ4n) is 3.48. The van der Waals surface area contributed by atoms with E-state index >= 15 is 0 Å². The zero-order chi connectivity index (χ0) is 13.4. The van der Waals surface area contributed by atoms with Gasteiger partial charge >= 0.3 is 0 Å². The van der Waals surface area contributed by atoms with Crippen molar-refractivity contribution >= 4 is 0 Å². The molecule has 4 nitrogen and oxygen atoms in total. The van der Waals surface area contributed by atoms with Crippen molar-refractivity contribution in [1.82, 2.24) is 10.2 Å². The van der Waals surface area contributed by atoms with E-state index in [1.807, 2.05) is 6.07 Å². The Morgan fingerprint density at radius 2 is 2.16 bits per heavy atom. The van der Waals surface area contributed by atoms with Gasteiger partial charge in [-0.3, -0.25) is 4.90 Å². The number of piperidine rings is 1. The van der Waals surface area contributed by atoms with Gasteiger partial charge in [0.2, 0.25) is 0 Å². The number of aromatic hydroxyl groups is 2. The van der Waals surface area contributed by atoms with Gasteiger partial charge in [-0.15, -0.1) is 0 Å². The Balaban J connectivity index is 1.75. The van der Waals surface area contributed by atoms with Crippen LogP contribution in [0.2, 0.25) is 0 Å². The SMILES string of the molecule is CC(c1ccc(O)cc1O)N1CC2CCCNC2C1. The maximum Gasteiger partial charge on any atom is 0.124 e. The van der Waals surface area contributed by atoms with Gasteiger partial charge in [-0.1, -0.05) is 6.07 Å². The molecule has 0 bridgehead atoms. The Morgan fingerprint density at radius 1 is 1.32 bits per heavy atom. The van der Waals surface area contributed by atoms with E-state index in [0.29, 0.717) is 6.04 Å². The lowest BCUT2D eigenvalue weighted by molar-refractivity contribution is 0.246. The van der Waals surface area contributed by atoms with Gasteiger partial charge in [0.1, 0.15) is 11.5 Å². The zero-order valence-corrected chi connectivity index (χ0v) is 11.3. The summed E-state index contributed by atoms with van der Waals surface area (Å²) >= 11 is 0. The second kappa shape index (κ2) is 5.02. The molecule has 1 aromatic carbocycles. The highest BCUT2D eigenvalue weighted by atomic mass is 16.3. The van der Waals surface area contributed by atoms with Crippen LogP contribution in [-0.2, 0) is 0 Å². The molecule has 2 aliphatic heterocycles. The van der Waals surface area contributed by atoms with Gasteiger partial charge < -0.3 is 15.5 Å². The molecule has 2 fully saturated rings. The molecular weight excluding hydrogens is 240 g/mol. The van der Waals surface area contributed by atoms with Crippen molar-refractivity contribution in [3.63, 3.8) is 0 Å². The van der Waals surface area contributed by atoms with E-state index in [1.54, 1.807) is 6.07 Å². The summed E-state index contributed by atoms with van der Waals surface area (Å²) < 4.78 is 0. The van der Waals surface area contributed by atoms with Crippen LogP contribution in [0.25, 0.3) is 0 Å². The van der Waals surface area contributed by atoms with Crippen LogP contribution in [0.5, 0.6) is 11.5 Å². The van der Waals surface area contributed by atoms with Crippen LogP contribution in [-0.4, -0.2) is 40.8 Å². The van der Waals surface area contributed by atoms with E-state index in [4.69, 9.17) is 0 Å². The molecule has 2 saturated heterocycles. The van der Waals surface area contributed by atoms with Crippen LogP contribution < -0.4 is 5.32 Å². The molecule has 3 unspecified atom stereocenters. The first-order chi connectivity index (χ1) is 9.15. The Hall–Kier alpha value is -1.26. The van der Waals surface area contributed by atoms with Gasteiger partial charge in [0, 0.05) is 36.8 Å². The molecule has 0 aromatic heterocycles. The second-order valence-corrected chi connectivity index (χ2v) is 5.84. The Labute approximate surface area is 114 Å². The molecule has 0 amide bonds. The number of phenols is 2. The molecule has 3 atom stereocenters. The van der Waals surface area contributed by atoms with Crippen LogP contribution >= 0.6 is 0 Å². The summed E-state index contributed by atoms with van der Waals surface area (Å²) in [6, 6.07) is 5.69.